The van der Waals surface area contributed by atoms with E-state index in [0.717, 1.165) is 19.3 Å². The first-order valence-corrected chi connectivity index (χ1v) is 7.51. The largest absolute Gasteiger partial charge is 0.544 e. The van der Waals surface area contributed by atoms with E-state index in [-0.39, 0.29) is 12.3 Å². The summed E-state index contributed by atoms with van der Waals surface area (Å²) < 4.78 is 0. The molecule has 0 heterocycles. The van der Waals surface area contributed by atoms with Gasteiger partial charge in [-0.25, -0.2) is 0 Å². The van der Waals surface area contributed by atoms with Gasteiger partial charge in [0.05, 0.1) is 29.6 Å². The average Bonchev–Trinajstić information content (AvgIpc) is 2.44. The molecule has 0 aliphatic heterocycles. The van der Waals surface area contributed by atoms with Crippen LogP contribution >= 0.6 is 11.6 Å². The van der Waals surface area contributed by atoms with Crippen LogP contribution in [0, 0.1) is 0 Å². The summed E-state index contributed by atoms with van der Waals surface area (Å²) in [6, 6.07) is 5.95. The quantitative estimate of drug-likeness (QED) is 0.653. The minimum atomic E-state index is -1.22. The van der Waals surface area contributed by atoms with Crippen molar-refractivity contribution in [2.75, 3.05) is 11.9 Å². The number of para-hydroxylation sites is 1. The average molecular weight is 313 g/mol. The van der Waals surface area contributed by atoms with E-state index >= 15 is 0 Å². The molecule has 5 nitrogen and oxygen atoms in total. The number of aliphatic carboxylic acids is 1. The van der Waals surface area contributed by atoms with Gasteiger partial charge in [0.1, 0.15) is 6.04 Å². The van der Waals surface area contributed by atoms with Crippen molar-refractivity contribution in [3.63, 3.8) is 0 Å². The molecule has 0 spiro atoms. The van der Waals surface area contributed by atoms with Crippen molar-refractivity contribution in [3.05, 3.63) is 29.3 Å². The van der Waals surface area contributed by atoms with Crippen molar-refractivity contribution in [1.29, 1.82) is 0 Å². The molecule has 0 aliphatic rings. The van der Waals surface area contributed by atoms with Gasteiger partial charge in [0.15, 0.2) is 0 Å². The molecule has 0 fully saturated rings. The highest BCUT2D eigenvalue weighted by Gasteiger charge is 2.18. The zero-order valence-electron chi connectivity index (χ0n) is 12.1. The van der Waals surface area contributed by atoms with Crippen LogP contribution in [0.15, 0.2) is 24.3 Å². The van der Waals surface area contributed by atoms with Gasteiger partial charge in [-0.05, 0) is 25.0 Å². The molecule has 0 aliphatic carbocycles. The van der Waals surface area contributed by atoms with Gasteiger partial charge in [0.2, 0.25) is 5.91 Å². The number of quaternary nitrogens is 1. The molecule has 0 saturated carbocycles. The van der Waals surface area contributed by atoms with Gasteiger partial charge in [-0.2, -0.15) is 0 Å². The van der Waals surface area contributed by atoms with E-state index in [1.165, 1.54) is 0 Å². The van der Waals surface area contributed by atoms with Crippen molar-refractivity contribution >= 4 is 29.2 Å². The summed E-state index contributed by atoms with van der Waals surface area (Å²) in [5, 5.41) is 15.8. The number of carboxylic acids is 1. The van der Waals surface area contributed by atoms with Crippen LogP contribution < -0.4 is 15.7 Å². The normalized spacial score (nSPS) is 11.9. The number of anilines is 1. The molecule has 6 heteroatoms. The highest BCUT2D eigenvalue weighted by atomic mass is 35.5. The van der Waals surface area contributed by atoms with Gasteiger partial charge in [0.25, 0.3) is 0 Å². The van der Waals surface area contributed by atoms with Gasteiger partial charge in [-0.3, -0.25) is 4.79 Å². The molecule has 3 N–H and O–H groups in total. The number of carbonyl (C=O) groups is 2. The molecule has 1 atom stereocenters. The molecule has 0 unspecified atom stereocenters. The summed E-state index contributed by atoms with van der Waals surface area (Å²) in [6.45, 7) is 2.75. The lowest BCUT2D eigenvalue weighted by Crippen LogP contribution is -2.93. The summed E-state index contributed by atoms with van der Waals surface area (Å²) in [5.41, 5.74) is 0.479. The summed E-state index contributed by atoms with van der Waals surface area (Å²) in [6.07, 6.45) is 2.89. The fourth-order valence-electron chi connectivity index (χ4n) is 1.94. The van der Waals surface area contributed by atoms with E-state index in [1.807, 2.05) is 0 Å². The Hall–Kier alpha value is -1.59. The highest BCUT2D eigenvalue weighted by Crippen LogP contribution is 2.20. The van der Waals surface area contributed by atoms with Crippen molar-refractivity contribution in [3.8, 4) is 0 Å². The fourth-order valence-corrected chi connectivity index (χ4v) is 2.12. The van der Waals surface area contributed by atoms with Crippen LogP contribution in [-0.2, 0) is 9.59 Å². The van der Waals surface area contributed by atoms with Crippen molar-refractivity contribution in [2.45, 2.75) is 38.6 Å². The lowest BCUT2D eigenvalue weighted by Gasteiger charge is -2.16. The predicted octanol–water partition coefficient (Wildman–Crippen LogP) is 0.541. The van der Waals surface area contributed by atoms with Crippen LogP contribution in [0.1, 0.15) is 32.6 Å². The third-order valence-corrected chi connectivity index (χ3v) is 3.44. The Bertz CT molecular complexity index is 480. The number of carbonyl (C=O) groups excluding carboxylic acids is 2. The number of amides is 1. The summed E-state index contributed by atoms with van der Waals surface area (Å²) in [5.74, 6) is -1.61. The molecule has 0 radical (unpaired) electrons. The van der Waals surface area contributed by atoms with E-state index < -0.39 is 12.0 Å². The molecule has 1 aromatic carbocycles. The Morgan fingerprint density at radius 1 is 1.33 bits per heavy atom. The van der Waals surface area contributed by atoms with Crippen LogP contribution in [0.25, 0.3) is 0 Å². The molecule has 0 aromatic heterocycles. The molecule has 116 valence electrons. The van der Waals surface area contributed by atoms with E-state index in [9.17, 15) is 14.7 Å². The number of nitrogens with one attached hydrogen (secondary N) is 1. The van der Waals surface area contributed by atoms with E-state index in [4.69, 9.17) is 11.6 Å². The maximum absolute atomic E-state index is 11.9. The Morgan fingerprint density at radius 3 is 2.67 bits per heavy atom. The van der Waals surface area contributed by atoms with Crippen molar-refractivity contribution in [1.82, 2.24) is 0 Å². The standard InChI is InChI=1S/C15H21ClN2O3/c1-2-3-6-9-17-13(15(20)21)10-14(19)18-12-8-5-4-7-11(12)16/h4-5,7-8,13,17H,2-3,6,9-10H2,1H3,(H,18,19)(H,20,21)/t13-/m0/s1. The first-order valence-electron chi connectivity index (χ1n) is 7.13. The first-order chi connectivity index (χ1) is 10.0. The van der Waals surface area contributed by atoms with Crippen molar-refractivity contribution in [2.24, 2.45) is 0 Å². The van der Waals surface area contributed by atoms with Crippen LogP contribution in [0.4, 0.5) is 5.69 Å². The van der Waals surface area contributed by atoms with E-state index in [1.54, 1.807) is 29.6 Å². The summed E-state index contributed by atoms with van der Waals surface area (Å²) in [4.78, 5) is 23.0. The number of nitrogens with two attached hydrogens (primary N) is 1. The zero-order valence-corrected chi connectivity index (χ0v) is 12.9. The van der Waals surface area contributed by atoms with Crippen LogP contribution in [0.3, 0.4) is 0 Å². The number of benzene rings is 1. The second kappa shape index (κ2) is 9.37. The Labute approximate surface area is 129 Å². The zero-order chi connectivity index (χ0) is 15.7. The smallest absolute Gasteiger partial charge is 0.230 e. The first kappa shape index (κ1) is 17.5. The lowest BCUT2D eigenvalue weighted by atomic mass is 10.1. The summed E-state index contributed by atoms with van der Waals surface area (Å²) in [7, 11) is 0. The van der Waals surface area contributed by atoms with Gasteiger partial charge < -0.3 is 20.5 Å². The number of rotatable bonds is 9. The van der Waals surface area contributed by atoms with Gasteiger partial charge in [-0.15, -0.1) is 0 Å². The Kier molecular flexibility index (Phi) is 7.79. The maximum Gasteiger partial charge on any atom is 0.230 e. The van der Waals surface area contributed by atoms with Crippen LogP contribution in [-0.4, -0.2) is 24.5 Å². The van der Waals surface area contributed by atoms with Gasteiger partial charge in [0, 0.05) is 0 Å². The highest BCUT2D eigenvalue weighted by molar-refractivity contribution is 6.33. The summed E-state index contributed by atoms with van der Waals surface area (Å²) >= 11 is 5.93. The molecule has 21 heavy (non-hydrogen) atoms. The molecule has 0 saturated heterocycles. The lowest BCUT2D eigenvalue weighted by molar-refractivity contribution is -0.682. The SMILES string of the molecule is CCCCC[NH2+][C@@H](CC(=O)Nc1ccccc1Cl)C(=O)[O-]. The third kappa shape index (κ3) is 6.60. The minimum absolute atomic E-state index is 0.139. The number of hydrogen-bond acceptors (Lipinski definition) is 3. The molecule has 0 bridgehead atoms. The van der Waals surface area contributed by atoms with Gasteiger partial charge >= 0.3 is 0 Å². The van der Waals surface area contributed by atoms with Crippen molar-refractivity contribution < 1.29 is 20.0 Å². The predicted molar refractivity (Wildman–Crippen MR) is 79.8 cm³/mol. The maximum atomic E-state index is 11.9. The minimum Gasteiger partial charge on any atom is -0.544 e. The second-order valence-corrected chi connectivity index (χ2v) is 5.30. The number of carboxylic acid groups (broad SMARTS) is 1. The second-order valence-electron chi connectivity index (χ2n) is 4.89. The monoisotopic (exact) mass is 312 g/mol. The molecular formula is C15H21ClN2O3. The fraction of sp³-hybridized carbons (Fsp3) is 0.467. The van der Waals surface area contributed by atoms with E-state index in [2.05, 4.69) is 12.2 Å². The molecule has 1 aromatic rings. The third-order valence-electron chi connectivity index (χ3n) is 3.11. The number of hydrogen-bond donors (Lipinski definition) is 2. The molecular weight excluding hydrogens is 292 g/mol. The molecule has 1 amide bonds. The van der Waals surface area contributed by atoms with Gasteiger partial charge in [-0.1, -0.05) is 37.1 Å². The van der Waals surface area contributed by atoms with E-state index in [0.29, 0.717) is 17.3 Å². The Morgan fingerprint density at radius 2 is 2.05 bits per heavy atom. The number of halogens is 1. The topological polar surface area (TPSA) is 85.8 Å². The Balaban J connectivity index is 2.49. The molecule has 1 rings (SSSR count). The van der Waals surface area contributed by atoms with Crippen LogP contribution in [0.2, 0.25) is 5.02 Å². The number of unbranched alkanes of at least 4 members (excludes halogenated alkanes) is 2. The van der Waals surface area contributed by atoms with Crippen LogP contribution in [0.5, 0.6) is 0 Å².